The van der Waals surface area contributed by atoms with E-state index in [0.29, 0.717) is 17.1 Å². The van der Waals surface area contributed by atoms with Gasteiger partial charge >= 0.3 is 6.36 Å². The minimum atomic E-state index is -4.73. The molecule has 0 aliphatic carbocycles. The van der Waals surface area contributed by atoms with Gasteiger partial charge in [0.05, 0.1) is 0 Å². The molecule has 0 saturated carbocycles. The van der Waals surface area contributed by atoms with Crippen molar-refractivity contribution in [2.75, 3.05) is 6.61 Å². The predicted octanol–water partition coefficient (Wildman–Crippen LogP) is 3.99. The SMILES string of the molecule is CC1(C)Cc2cccc(OCC(=O)NCc3ccc(OC(F)(F)F)cc3)c2O1. The molecule has 5 nitrogen and oxygen atoms in total. The molecule has 1 amide bonds. The van der Waals surface area contributed by atoms with Gasteiger partial charge in [-0.05, 0) is 37.6 Å². The molecule has 0 aromatic heterocycles. The standard InChI is InChI=1S/C20H20F3NO4/c1-19(2)10-14-4-3-5-16(18(14)28-19)26-12-17(25)24-11-13-6-8-15(9-7-13)27-20(21,22)23/h3-9H,10-12H2,1-2H3,(H,24,25). The van der Waals surface area contributed by atoms with E-state index in [1.807, 2.05) is 26.0 Å². The first kappa shape index (κ1) is 19.9. The fourth-order valence-electron chi connectivity index (χ4n) is 2.90. The molecule has 2 aromatic carbocycles. The van der Waals surface area contributed by atoms with Gasteiger partial charge in [-0.15, -0.1) is 13.2 Å². The zero-order valence-electron chi connectivity index (χ0n) is 15.4. The van der Waals surface area contributed by atoms with E-state index in [9.17, 15) is 18.0 Å². The molecule has 150 valence electrons. The third-order valence-corrected chi connectivity index (χ3v) is 4.06. The Morgan fingerprint density at radius 1 is 1.18 bits per heavy atom. The van der Waals surface area contributed by atoms with Crippen LogP contribution in [0.25, 0.3) is 0 Å². The minimum Gasteiger partial charge on any atom is -0.483 e. The second kappa shape index (κ2) is 7.61. The van der Waals surface area contributed by atoms with Gasteiger partial charge in [-0.3, -0.25) is 4.79 Å². The molecule has 28 heavy (non-hydrogen) atoms. The Hall–Kier alpha value is -2.90. The fourth-order valence-corrected chi connectivity index (χ4v) is 2.90. The number of halogens is 3. The van der Waals surface area contributed by atoms with Crippen LogP contribution < -0.4 is 19.5 Å². The Bertz CT molecular complexity index is 848. The number of carbonyl (C=O) groups is 1. The van der Waals surface area contributed by atoms with Gasteiger partial charge in [-0.25, -0.2) is 0 Å². The van der Waals surface area contributed by atoms with E-state index in [-0.39, 0.29) is 30.4 Å². The molecule has 0 bridgehead atoms. The van der Waals surface area contributed by atoms with Crippen molar-refractivity contribution < 1.29 is 32.2 Å². The van der Waals surface area contributed by atoms with Gasteiger partial charge in [0.2, 0.25) is 0 Å². The van der Waals surface area contributed by atoms with E-state index in [0.717, 1.165) is 12.0 Å². The summed E-state index contributed by atoms with van der Waals surface area (Å²) in [6.07, 6.45) is -3.97. The maximum Gasteiger partial charge on any atom is 0.573 e. The van der Waals surface area contributed by atoms with Crippen LogP contribution in [0.4, 0.5) is 13.2 Å². The average molecular weight is 395 g/mol. The molecule has 1 N–H and O–H groups in total. The molecule has 0 radical (unpaired) electrons. The summed E-state index contributed by atoms with van der Waals surface area (Å²) in [6, 6.07) is 10.8. The first-order valence-corrected chi connectivity index (χ1v) is 8.66. The molecule has 0 unspecified atom stereocenters. The molecule has 0 atom stereocenters. The summed E-state index contributed by atoms with van der Waals surface area (Å²) in [4.78, 5) is 12.0. The maximum atomic E-state index is 12.1. The van der Waals surface area contributed by atoms with Gasteiger partial charge in [-0.1, -0.05) is 24.3 Å². The average Bonchev–Trinajstić information content (AvgIpc) is 2.92. The summed E-state index contributed by atoms with van der Waals surface area (Å²) in [5, 5.41) is 2.65. The molecule has 0 saturated heterocycles. The molecule has 0 fully saturated rings. The zero-order chi connectivity index (χ0) is 20.4. The van der Waals surface area contributed by atoms with E-state index >= 15 is 0 Å². The van der Waals surface area contributed by atoms with Crippen LogP contribution in [-0.4, -0.2) is 24.5 Å². The van der Waals surface area contributed by atoms with Crippen LogP contribution in [0.5, 0.6) is 17.2 Å². The number of ether oxygens (including phenoxy) is 3. The maximum absolute atomic E-state index is 12.1. The summed E-state index contributed by atoms with van der Waals surface area (Å²) in [5.41, 5.74) is 1.35. The van der Waals surface area contributed by atoms with Crippen LogP contribution >= 0.6 is 0 Å². The van der Waals surface area contributed by atoms with Gasteiger partial charge in [0.1, 0.15) is 11.4 Å². The highest BCUT2D eigenvalue weighted by Crippen LogP contribution is 2.41. The molecule has 8 heteroatoms. The highest BCUT2D eigenvalue weighted by molar-refractivity contribution is 5.77. The monoisotopic (exact) mass is 395 g/mol. The van der Waals surface area contributed by atoms with Gasteiger partial charge in [0, 0.05) is 18.5 Å². The summed E-state index contributed by atoms with van der Waals surface area (Å²) in [5.74, 6) is 0.490. The van der Waals surface area contributed by atoms with Gasteiger partial charge in [0.15, 0.2) is 18.1 Å². The number of alkyl halides is 3. The van der Waals surface area contributed by atoms with Gasteiger partial charge in [0.25, 0.3) is 5.91 Å². The number of rotatable bonds is 6. The quantitative estimate of drug-likeness (QED) is 0.804. The van der Waals surface area contributed by atoms with Crippen LogP contribution in [0.3, 0.4) is 0 Å². The molecule has 1 heterocycles. The molecule has 1 aliphatic heterocycles. The molecule has 0 spiro atoms. The Kier molecular flexibility index (Phi) is 5.40. The van der Waals surface area contributed by atoms with Crippen molar-refractivity contribution in [2.24, 2.45) is 0 Å². The smallest absolute Gasteiger partial charge is 0.483 e. The molecule has 3 rings (SSSR count). The minimum absolute atomic E-state index is 0.158. The largest absolute Gasteiger partial charge is 0.573 e. The first-order chi connectivity index (χ1) is 13.1. The van der Waals surface area contributed by atoms with Crippen LogP contribution in [0.1, 0.15) is 25.0 Å². The number of fused-ring (bicyclic) bond motifs is 1. The van der Waals surface area contributed by atoms with Crippen molar-refractivity contribution in [3.63, 3.8) is 0 Å². The molecular formula is C20H20F3NO4. The number of hydrogen-bond acceptors (Lipinski definition) is 4. The second-order valence-electron chi connectivity index (χ2n) is 7.04. The van der Waals surface area contributed by atoms with E-state index in [2.05, 4.69) is 10.1 Å². The van der Waals surface area contributed by atoms with E-state index in [1.54, 1.807) is 6.07 Å². The van der Waals surface area contributed by atoms with Crippen molar-refractivity contribution in [1.82, 2.24) is 5.32 Å². The number of benzene rings is 2. The van der Waals surface area contributed by atoms with E-state index in [1.165, 1.54) is 24.3 Å². The Morgan fingerprint density at radius 2 is 1.89 bits per heavy atom. The number of hydrogen-bond donors (Lipinski definition) is 1. The van der Waals surface area contributed by atoms with Gasteiger partial charge < -0.3 is 19.5 Å². The highest BCUT2D eigenvalue weighted by atomic mass is 19.4. The van der Waals surface area contributed by atoms with Crippen molar-refractivity contribution in [2.45, 2.75) is 38.8 Å². The lowest BCUT2D eigenvalue weighted by Gasteiger charge is -2.18. The Morgan fingerprint density at radius 3 is 2.57 bits per heavy atom. The summed E-state index contributed by atoms with van der Waals surface area (Å²) in [7, 11) is 0. The molecular weight excluding hydrogens is 375 g/mol. The van der Waals surface area contributed by atoms with Crippen LogP contribution in [-0.2, 0) is 17.8 Å². The second-order valence-corrected chi connectivity index (χ2v) is 7.04. The lowest BCUT2D eigenvalue weighted by molar-refractivity contribution is -0.274. The topological polar surface area (TPSA) is 56.8 Å². The molecule has 1 aliphatic rings. The van der Waals surface area contributed by atoms with Crippen LogP contribution in [0.2, 0.25) is 0 Å². The third kappa shape index (κ3) is 5.31. The van der Waals surface area contributed by atoms with Crippen LogP contribution in [0.15, 0.2) is 42.5 Å². The van der Waals surface area contributed by atoms with Crippen molar-refractivity contribution in [1.29, 1.82) is 0 Å². The molecule has 2 aromatic rings. The Balaban J connectivity index is 1.49. The predicted molar refractivity (Wildman–Crippen MR) is 95.3 cm³/mol. The lowest BCUT2D eigenvalue weighted by atomic mass is 10.0. The van der Waals surface area contributed by atoms with Crippen molar-refractivity contribution in [3.8, 4) is 17.2 Å². The highest BCUT2D eigenvalue weighted by Gasteiger charge is 2.32. The lowest BCUT2D eigenvalue weighted by Crippen LogP contribution is -2.28. The summed E-state index contributed by atoms with van der Waals surface area (Å²) in [6.45, 7) is 3.92. The van der Waals surface area contributed by atoms with Gasteiger partial charge in [-0.2, -0.15) is 0 Å². The number of nitrogens with one attached hydrogen (secondary N) is 1. The van der Waals surface area contributed by atoms with E-state index in [4.69, 9.17) is 9.47 Å². The normalized spacial score (nSPS) is 14.8. The third-order valence-electron chi connectivity index (χ3n) is 4.06. The zero-order valence-corrected chi connectivity index (χ0v) is 15.4. The first-order valence-electron chi connectivity index (χ1n) is 8.66. The van der Waals surface area contributed by atoms with Crippen molar-refractivity contribution >= 4 is 5.91 Å². The fraction of sp³-hybridized carbons (Fsp3) is 0.350. The number of amides is 1. The van der Waals surface area contributed by atoms with Crippen LogP contribution in [0, 0.1) is 0 Å². The number of carbonyl (C=O) groups excluding carboxylic acids is 1. The Labute approximate surface area is 160 Å². The van der Waals surface area contributed by atoms with Crippen molar-refractivity contribution in [3.05, 3.63) is 53.6 Å². The van der Waals surface area contributed by atoms with E-state index < -0.39 is 6.36 Å². The summed E-state index contributed by atoms with van der Waals surface area (Å²) >= 11 is 0. The summed E-state index contributed by atoms with van der Waals surface area (Å²) < 4.78 is 51.7. The number of para-hydroxylation sites is 1.